The molecule has 0 saturated carbocycles. The summed E-state index contributed by atoms with van der Waals surface area (Å²) in [6.45, 7) is 24.9. The van der Waals surface area contributed by atoms with E-state index < -0.39 is 0 Å². The summed E-state index contributed by atoms with van der Waals surface area (Å²) in [5.74, 6) is 1.01. The molecular formula is C37H50N4. The molecule has 0 atom stereocenters. The monoisotopic (exact) mass is 550 g/mol. The van der Waals surface area contributed by atoms with Crippen molar-refractivity contribution in [2.24, 2.45) is 0 Å². The fourth-order valence-corrected chi connectivity index (χ4v) is 5.31. The van der Waals surface area contributed by atoms with Gasteiger partial charge in [0.2, 0.25) is 0 Å². The Kier molecular flexibility index (Phi) is 12.6. The van der Waals surface area contributed by atoms with Crippen LogP contribution in [0.1, 0.15) is 69.6 Å². The van der Waals surface area contributed by atoms with Crippen LogP contribution in [0.5, 0.6) is 0 Å². The zero-order valence-corrected chi connectivity index (χ0v) is 25.8. The molecule has 1 aliphatic rings. The van der Waals surface area contributed by atoms with E-state index >= 15 is 0 Å². The number of fused-ring (bicyclic) bond motifs is 1. The van der Waals surface area contributed by atoms with E-state index in [1.807, 2.05) is 13.0 Å². The summed E-state index contributed by atoms with van der Waals surface area (Å²) in [6.07, 6.45) is 9.70. The van der Waals surface area contributed by atoms with Gasteiger partial charge < -0.3 is 20.4 Å². The van der Waals surface area contributed by atoms with E-state index in [0.29, 0.717) is 0 Å². The van der Waals surface area contributed by atoms with Crippen molar-refractivity contribution in [2.45, 2.75) is 66.3 Å². The molecule has 0 radical (unpaired) electrons. The smallest absolute Gasteiger partial charge is 0.0983 e. The van der Waals surface area contributed by atoms with Gasteiger partial charge in [0.15, 0.2) is 0 Å². The van der Waals surface area contributed by atoms with E-state index in [1.54, 1.807) is 6.20 Å². The third-order valence-electron chi connectivity index (χ3n) is 7.72. The highest BCUT2D eigenvalue weighted by molar-refractivity contribution is 5.93. The first kappa shape index (κ1) is 31.6. The van der Waals surface area contributed by atoms with Crippen LogP contribution in [0.3, 0.4) is 0 Å². The topological polar surface area (TPSA) is 30.5 Å². The average Bonchev–Trinajstić information content (AvgIpc) is 3.01. The van der Waals surface area contributed by atoms with Crippen molar-refractivity contribution in [1.82, 2.24) is 15.1 Å². The number of likely N-dealkylation sites (tertiary alicyclic amines) is 1. The van der Waals surface area contributed by atoms with Crippen LogP contribution in [0.25, 0.3) is 16.5 Å². The highest BCUT2D eigenvalue weighted by Crippen LogP contribution is 2.29. The molecule has 1 fully saturated rings. The molecule has 0 aliphatic carbocycles. The van der Waals surface area contributed by atoms with Crippen molar-refractivity contribution in [3.05, 3.63) is 121 Å². The summed E-state index contributed by atoms with van der Waals surface area (Å²) in [4.78, 5) is 4.79. The molecule has 0 spiro atoms. The van der Waals surface area contributed by atoms with Gasteiger partial charge in [-0.05, 0) is 86.2 Å². The fraction of sp³-hybridized carbons (Fsp3) is 0.351. The van der Waals surface area contributed by atoms with E-state index in [-0.39, 0.29) is 0 Å². The third kappa shape index (κ3) is 9.04. The molecule has 1 aliphatic heterocycles. The maximum atomic E-state index is 4.52. The van der Waals surface area contributed by atoms with Crippen molar-refractivity contribution >= 4 is 22.2 Å². The van der Waals surface area contributed by atoms with Gasteiger partial charge in [-0.2, -0.15) is 0 Å². The molecule has 0 bridgehead atoms. The van der Waals surface area contributed by atoms with Crippen LogP contribution in [0, 0.1) is 6.92 Å². The van der Waals surface area contributed by atoms with Gasteiger partial charge in [-0.1, -0.05) is 88.2 Å². The molecule has 0 unspecified atom stereocenters. The number of allylic oxidation sites excluding steroid dienone is 2. The lowest BCUT2D eigenvalue weighted by molar-refractivity contribution is 0.289. The molecule has 0 aromatic heterocycles. The van der Waals surface area contributed by atoms with E-state index in [9.17, 15) is 0 Å². The second-order valence-corrected chi connectivity index (χ2v) is 10.7. The Balaban J connectivity index is 0.000000507. The van der Waals surface area contributed by atoms with Crippen LogP contribution < -0.4 is 10.6 Å². The summed E-state index contributed by atoms with van der Waals surface area (Å²) < 4.78 is 0. The lowest BCUT2D eigenvalue weighted by Crippen LogP contribution is -2.31. The number of piperidine rings is 1. The van der Waals surface area contributed by atoms with Gasteiger partial charge in [0.05, 0.1) is 5.82 Å². The summed E-state index contributed by atoms with van der Waals surface area (Å²) in [5.41, 5.74) is 7.27. The first-order valence-electron chi connectivity index (χ1n) is 15.2. The molecule has 41 heavy (non-hydrogen) atoms. The predicted octanol–water partition coefficient (Wildman–Crippen LogP) is 9.43. The van der Waals surface area contributed by atoms with Crippen LogP contribution in [0.2, 0.25) is 0 Å². The summed E-state index contributed by atoms with van der Waals surface area (Å²) in [6, 6.07) is 21.7. The van der Waals surface area contributed by atoms with E-state index in [2.05, 4.69) is 122 Å². The zero-order chi connectivity index (χ0) is 29.6. The lowest BCUT2D eigenvalue weighted by Gasteiger charge is -2.31. The summed E-state index contributed by atoms with van der Waals surface area (Å²) >= 11 is 0. The predicted molar refractivity (Wildman–Crippen MR) is 180 cm³/mol. The minimum atomic E-state index is 0.856. The molecule has 0 amide bonds. The fourth-order valence-electron chi connectivity index (χ4n) is 5.31. The highest BCUT2D eigenvalue weighted by Gasteiger charge is 2.15. The molecule has 2 N–H and O–H groups in total. The Hall–Kier alpha value is -3.92. The Morgan fingerprint density at radius 1 is 0.976 bits per heavy atom. The Morgan fingerprint density at radius 3 is 2.34 bits per heavy atom. The maximum Gasteiger partial charge on any atom is 0.0983 e. The SMILES string of the molecule is C=C(Nc1ccc(CN(CCC)C(=C)c2cccc3ccccc23)c(C)c1)N1CCCCC1.C=CN/C(=C\C)CC. The number of nitrogens with one attached hydrogen (secondary N) is 2. The summed E-state index contributed by atoms with van der Waals surface area (Å²) in [7, 11) is 0. The van der Waals surface area contributed by atoms with Gasteiger partial charge in [0.1, 0.15) is 0 Å². The van der Waals surface area contributed by atoms with Crippen LogP contribution in [0.15, 0.2) is 104 Å². The Morgan fingerprint density at radius 2 is 1.71 bits per heavy atom. The highest BCUT2D eigenvalue weighted by atomic mass is 15.2. The number of aryl methyl sites for hydroxylation is 1. The molecule has 4 nitrogen and oxygen atoms in total. The third-order valence-corrected chi connectivity index (χ3v) is 7.72. The van der Waals surface area contributed by atoms with Crippen LogP contribution in [-0.4, -0.2) is 29.4 Å². The molecule has 1 saturated heterocycles. The van der Waals surface area contributed by atoms with Gasteiger partial charge >= 0.3 is 0 Å². The standard InChI is InChI=1S/C30H37N3.C7H13N/c1-5-18-33(24(3)29-15-11-13-26-12-7-8-14-30(26)29)22-27-16-17-28(21-23(27)2)31-25(4)32-19-9-6-10-20-32;1-4-7(5-2)8-6-3/h7-8,11-17,21,31H,3-6,9-10,18-20,22H2,1-2H3;4,6,8H,3,5H2,1-2H3/b;7-4-. The number of hydrogen-bond donors (Lipinski definition) is 2. The summed E-state index contributed by atoms with van der Waals surface area (Å²) in [5, 5.41) is 9.05. The first-order chi connectivity index (χ1) is 19.9. The Bertz CT molecular complexity index is 1320. The molecule has 4 rings (SSSR count). The minimum Gasteiger partial charge on any atom is -0.367 e. The normalized spacial score (nSPS) is 13.2. The van der Waals surface area contributed by atoms with E-state index in [0.717, 1.165) is 56.2 Å². The van der Waals surface area contributed by atoms with Gasteiger partial charge in [-0.15, -0.1) is 0 Å². The number of benzene rings is 3. The average molecular weight is 551 g/mol. The molecule has 218 valence electrons. The van der Waals surface area contributed by atoms with Crippen LogP contribution >= 0.6 is 0 Å². The van der Waals surface area contributed by atoms with E-state index in [1.165, 1.54) is 52.4 Å². The van der Waals surface area contributed by atoms with Gasteiger partial charge in [0, 0.05) is 48.8 Å². The largest absolute Gasteiger partial charge is 0.367 e. The van der Waals surface area contributed by atoms with Crippen LogP contribution in [0.4, 0.5) is 5.69 Å². The number of anilines is 1. The van der Waals surface area contributed by atoms with Crippen molar-refractivity contribution in [3.8, 4) is 0 Å². The molecule has 3 aromatic rings. The van der Waals surface area contributed by atoms with Gasteiger partial charge in [-0.25, -0.2) is 0 Å². The van der Waals surface area contributed by atoms with Crippen molar-refractivity contribution in [1.29, 1.82) is 0 Å². The van der Waals surface area contributed by atoms with E-state index in [4.69, 9.17) is 0 Å². The number of nitrogens with zero attached hydrogens (tertiary/aromatic N) is 2. The lowest BCUT2D eigenvalue weighted by atomic mass is 10.0. The van der Waals surface area contributed by atoms with Crippen molar-refractivity contribution < 1.29 is 0 Å². The molecule has 1 heterocycles. The molecule has 4 heteroatoms. The number of hydrogen-bond acceptors (Lipinski definition) is 4. The minimum absolute atomic E-state index is 0.856. The first-order valence-corrected chi connectivity index (χ1v) is 15.2. The quantitative estimate of drug-likeness (QED) is 0.235. The number of rotatable bonds is 12. The van der Waals surface area contributed by atoms with Gasteiger partial charge in [-0.3, -0.25) is 0 Å². The Labute approximate surface area is 249 Å². The molecular weight excluding hydrogens is 500 g/mol. The second kappa shape index (κ2) is 16.4. The zero-order valence-electron chi connectivity index (χ0n) is 25.8. The van der Waals surface area contributed by atoms with Crippen molar-refractivity contribution in [3.63, 3.8) is 0 Å². The molecule has 3 aromatic carbocycles. The van der Waals surface area contributed by atoms with Gasteiger partial charge in [0.25, 0.3) is 0 Å². The van der Waals surface area contributed by atoms with Crippen LogP contribution in [-0.2, 0) is 6.54 Å². The van der Waals surface area contributed by atoms with Crippen molar-refractivity contribution in [2.75, 3.05) is 25.0 Å². The maximum absolute atomic E-state index is 4.52. The second-order valence-electron chi connectivity index (χ2n) is 10.7.